The van der Waals surface area contributed by atoms with Crippen molar-refractivity contribution in [2.45, 2.75) is 13.1 Å². The number of benzene rings is 2. The molecule has 1 aliphatic heterocycles. The SMILES string of the molecule is C=CCN(C)c1ccc2c(c1)[Si](C)(C)c1cc(N(C)CC=C)ccc1C2=O. The Labute approximate surface area is 163 Å². The average molecular weight is 377 g/mol. The Hall–Kier alpha value is -2.59. The summed E-state index contributed by atoms with van der Waals surface area (Å²) in [6.07, 6.45) is 3.79. The lowest BCUT2D eigenvalue weighted by molar-refractivity contribution is 0.104. The van der Waals surface area contributed by atoms with Gasteiger partial charge in [0.2, 0.25) is 0 Å². The van der Waals surface area contributed by atoms with Crippen LogP contribution < -0.4 is 20.2 Å². The van der Waals surface area contributed by atoms with E-state index in [1.54, 1.807) is 0 Å². The fourth-order valence-corrected chi connectivity index (χ4v) is 6.91. The van der Waals surface area contributed by atoms with Crippen molar-refractivity contribution in [2.75, 3.05) is 37.0 Å². The lowest BCUT2D eigenvalue weighted by Crippen LogP contribution is -2.60. The molecule has 3 rings (SSSR count). The summed E-state index contributed by atoms with van der Waals surface area (Å²) in [6, 6.07) is 12.5. The molecule has 1 heterocycles. The van der Waals surface area contributed by atoms with Crippen LogP contribution >= 0.6 is 0 Å². The van der Waals surface area contributed by atoms with Crippen molar-refractivity contribution in [3.8, 4) is 0 Å². The molecule has 0 N–H and O–H groups in total. The fraction of sp³-hybridized carbons (Fsp3) is 0.261. The lowest BCUT2D eigenvalue weighted by atomic mass is 10.0. The van der Waals surface area contributed by atoms with Crippen LogP contribution in [0.2, 0.25) is 13.1 Å². The first-order valence-corrected chi connectivity index (χ1v) is 12.3. The molecular weight excluding hydrogens is 348 g/mol. The molecule has 0 aromatic heterocycles. The van der Waals surface area contributed by atoms with Crippen molar-refractivity contribution < 1.29 is 4.79 Å². The van der Waals surface area contributed by atoms with Crippen LogP contribution in [0.25, 0.3) is 0 Å². The number of fused-ring (bicyclic) bond motifs is 2. The van der Waals surface area contributed by atoms with Crippen molar-refractivity contribution in [3.05, 3.63) is 72.8 Å². The average Bonchev–Trinajstić information content (AvgIpc) is 2.66. The molecule has 0 atom stereocenters. The van der Waals surface area contributed by atoms with Crippen molar-refractivity contribution in [1.82, 2.24) is 0 Å². The molecule has 2 aromatic rings. The summed E-state index contributed by atoms with van der Waals surface area (Å²) < 4.78 is 0. The second-order valence-electron chi connectivity index (χ2n) is 7.75. The van der Waals surface area contributed by atoms with Gasteiger partial charge < -0.3 is 9.80 Å². The van der Waals surface area contributed by atoms with Gasteiger partial charge in [0, 0.05) is 49.7 Å². The normalized spacial score (nSPS) is 14.1. The number of anilines is 2. The van der Waals surface area contributed by atoms with Crippen LogP contribution in [0.5, 0.6) is 0 Å². The smallest absolute Gasteiger partial charge is 0.192 e. The number of rotatable bonds is 6. The summed E-state index contributed by atoms with van der Waals surface area (Å²) in [5.41, 5.74) is 3.99. The topological polar surface area (TPSA) is 23.6 Å². The van der Waals surface area contributed by atoms with Gasteiger partial charge in [-0.05, 0) is 46.8 Å². The standard InChI is InChI=1S/C23H28N2OSi/c1-7-13-24(3)17-9-11-19-21(15-17)27(5,6)22-16-18(25(4)14-8-2)10-12-20(22)23(19)26/h7-12,15-16H,1-2,13-14H2,3-6H3. The highest BCUT2D eigenvalue weighted by Gasteiger charge is 2.39. The molecule has 0 fully saturated rings. The molecule has 0 aliphatic carbocycles. The maximum atomic E-state index is 13.2. The van der Waals surface area contributed by atoms with Gasteiger partial charge in [0.1, 0.15) is 8.07 Å². The predicted molar refractivity (Wildman–Crippen MR) is 120 cm³/mol. The second kappa shape index (κ2) is 7.20. The number of carbonyl (C=O) groups is 1. The zero-order valence-corrected chi connectivity index (χ0v) is 17.7. The molecule has 4 heteroatoms. The van der Waals surface area contributed by atoms with Gasteiger partial charge in [-0.25, -0.2) is 0 Å². The highest BCUT2D eigenvalue weighted by atomic mass is 28.3. The van der Waals surface area contributed by atoms with Crippen LogP contribution in [0.4, 0.5) is 11.4 Å². The largest absolute Gasteiger partial charge is 0.371 e. The molecular formula is C23H28N2OSi. The van der Waals surface area contributed by atoms with Crippen LogP contribution in [-0.2, 0) is 0 Å². The second-order valence-corrected chi connectivity index (χ2v) is 12.1. The van der Waals surface area contributed by atoms with E-state index in [1.165, 1.54) is 10.4 Å². The molecule has 2 aromatic carbocycles. The molecule has 0 radical (unpaired) electrons. The van der Waals surface area contributed by atoms with E-state index in [9.17, 15) is 4.79 Å². The van der Waals surface area contributed by atoms with Crippen molar-refractivity contribution in [2.24, 2.45) is 0 Å². The highest BCUT2D eigenvalue weighted by molar-refractivity contribution is 7.02. The van der Waals surface area contributed by atoms with Crippen LogP contribution in [0, 0.1) is 0 Å². The Morgan fingerprint density at radius 1 is 0.852 bits per heavy atom. The molecule has 140 valence electrons. The number of ketones is 1. The van der Waals surface area contributed by atoms with E-state index in [2.05, 4.69) is 62.3 Å². The van der Waals surface area contributed by atoms with Gasteiger partial charge in [0.05, 0.1) is 0 Å². The van der Waals surface area contributed by atoms with E-state index in [-0.39, 0.29) is 5.78 Å². The minimum atomic E-state index is -2.00. The molecule has 3 nitrogen and oxygen atoms in total. The third kappa shape index (κ3) is 3.25. The van der Waals surface area contributed by atoms with Gasteiger partial charge in [-0.1, -0.05) is 25.2 Å². The first-order chi connectivity index (χ1) is 12.8. The molecule has 0 saturated heterocycles. The van der Waals surface area contributed by atoms with Gasteiger partial charge in [0.25, 0.3) is 0 Å². The first-order valence-electron chi connectivity index (χ1n) is 9.29. The molecule has 0 bridgehead atoms. The molecule has 1 aliphatic rings. The number of nitrogens with zero attached hydrogens (tertiary/aromatic N) is 2. The van der Waals surface area contributed by atoms with Crippen molar-refractivity contribution in [1.29, 1.82) is 0 Å². The first kappa shape index (κ1) is 19.2. The Morgan fingerprint density at radius 2 is 1.26 bits per heavy atom. The predicted octanol–water partition coefficient (Wildman–Crippen LogP) is 3.30. The monoisotopic (exact) mass is 376 g/mol. The summed E-state index contributed by atoms with van der Waals surface area (Å²) in [4.78, 5) is 17.5. The minimum absolute atomic E-state index is 0.141. The summed E-state index contributed by atoms with van der Waals surface area (Å²) in [5, 5.41) is 2.44. The van der Waals surface area contributed by atoms with E-state index in [0.717, 1.165) is 35.6 Å². The van der Waals surface area contributed by atoms with E-state index in [4.69, 9.17) is 0 Å². The Balaban J connectivity index is 2.13. The Bertz CT molecular complexity index is 845. The van der Waals surface area contributed by atoms with Crippen molar-refractivity contribution in [3.63, 3.8) is 0 Å². The number of hydrogen-bond acceptors (Lipinski definition) is 3. The zero-order chi connectivity index (χ0) is 19.8. The van der Waals surface area contributed by atoms with E-state index in [1.807, 2.05) is 36.4 Å². The third-order valence-electron chi connectivity index (χ3n) is 5.53. The summed E-state index contributed by atoms with van der Waals surface area (Å²) in [6.45, 7) is 13.9. The summed E-state index contributed by atoms with van der Waals surface area (Å²) in [5.74, 6) is 0.141. The number of hydrogen-bond donors (Lipinski definition) is 0. The lowest BCUT2D eigenvalue weighted by Gasteiger charge is -2.34. The van der Waals surface area contributed by atoms with E-state index < -0.39 is 8.07 Å². The van der Waals surface area contributed by atoms with Gasteiger partial charge >= 0.3 is 0 Å². The fourth-order valence-electron chi connectivity index (χ4n) is 3.86. The number of carbonyl (C=O) groups excluding carboxylic acids is 1. The number of likely N-dealkylation sites (N-methyl/N-ethyl adjacent to an activating group) is 2. The van der Waals surface area contributed by atoms with Crippen LogP contribution in [0.15, 0.2) is 61.7 Å². The zero-order valence-electron chi connectivity index (χ0n) is 16.7. The van der Waals surface area contributed by atoms with Gasteiger partial charge in [-0.2, -0.15) is 0 Å². The quantitative estimate of drug-likeness (QED) is 0.571. The molecule has 0 spiro atoms. The Morgan fingerprint density at radius 3 is 1.63 bits per heavy atom. The third-order valence-corrected chi connectivity index (χ3v) is 9.05. The van der Waals surface area contributed by atoms with Crippen molar-refractivity contribution >= 4 is 35.6 Å². The van der Waals surface area contributed by atoms with Crippen LogP contribution in [0.3, 0.4) is 0 Å². The minimum Gasteiger partial charge on any atom is -0.371 e. The van der Waals surface area contributed by atoms with Crippen LogP contribution in [0.1, 0.15) is 15.9 Å². The summed E-state index contributed by atoms with van der Waals surface area (Å²) >= 11 is 0. The maximum Gasteiger partial charge on any atom is 0.192 e. The van der Waals surface area contributed by atoms with E-state index >= 15 is 0 Å². The van der Waals surface area contributed by atoms with Gasteiger partial charge in [-0.15, -0.1) is 13.2 Å². The van der Waals surface area contributed by atoms with Crippen LogP contribution in [-0.4, -0.2) is 41.0 Å². The van der Waals surface area contributed by atoms with E-state index in [0.29, 0.717) is 0 Å². The summed E-state index contributed by atoms with van der Waals surface area (Å²) in [7, 11) is 2.11. The molecule has 0 saturated carbocycles. The Kier molecular flexibility index (Phi) is 5.11. The molecule has 27 heavy (non-hydrogen) atoms. The van der Waals surface area contributed by atoms with Gasteiger partial charge in [-0.3, -0.25) is 4.79 Å². The molecule has 0 amide bonds. The molecule has 0 unspecified atom stereocenters. The van der Waals surface area contributed by atoms with Gasteiger partial charge in [0.15, 0.2) is 5.78 Å². The highest BCUT2D eigenvalue weighted by Crippen LogP contribution is 2.26. The maximum absolute atomic E-state index is 13.2.